The van der Waals surface area contributed by atoms with E-state index in [9.17, 15) is 0 Å². The van der Waals surface area contributed by atoms with E-state index in [1.165, 1.54) is 27.8 Å². The molecule has 0 aliphatic carbocycles. The minimum Gasteiger partial charge on any atom is -0.492 e. The molecule has 0 aliphatic rings. The molecule has 0 unspecified atom stereocenters. The second-order valence-corrected chi connectivity index (χ2v) is 7.12. The molecule has 2 nitrogen and oxygen atoms in total. The van der Waals surface area contributed by atoms with Crippen molar-refractivity contribution in [2.45, 2.75) is 13.3 Å². The van der Waals surface area contributed by atoms with E-state index in [0.29, 0.717) is 6.61 Å². The Labute approximate surface area is 169 Å². The van der Waals surface area contributed by atoms with Crippen LogP contribution in [-0.4, -0.2) is 32.1 Å². The maximum absolute atomic E-state index is 5.87. The number of benzene rings is 3. The zero-order valence-corrected chi connectivity index (χ0v) is 17.1. The fraction of sp³-hybridized carbons (Fsp3) is 0.231. The van der Waals surface area contributed by atoms with Gasteiger partial charge in [0.25, 0.3) is 0 Å². The Morgan fingerprint density at radius 1 is 0.714 bits per heavy atom. The monoisotopic (exact) mass is 377 g/mol. The molecule has 0 aromatic heterocycles. The highest BCUT2D eigenvalue weighted by Crippen LogP contribution is 2.34. The Hall–Kier alpha value is -2.84. The van der Waals surface area contributed by atoms with Crippen LogP contribution in [0.25, 0.3) is 11.1 Å². The summed E-state index contributed by atoms with van der Waals surface area (Å²) in [5.74, 6) is 0.913. The molecule has 3 aromatic rings. The van der Waals surface area contributed by atoms with Crippen LogP contribution in [0.2, 0.25) is 0 Å². The van der Waals surface area contributed by atoms with Gasteiger partial charge in [-0.3, -0.25) is 0 Å². The molecule has 144 valence electrons. The Morgan fingerprint density at radius 2 is 1.25 bits per heavy atom. The van der Waals surface area contributed by atoms with E-state index in [1.807, 2.05) is 0 Å². The van der Waals surface area contributed by atoms with Gasteiger partial charge in [-0.15, -0.1) is 0 Å². The summed E-state index contributed by atoms with van der Waals surface area (Å²) in [6, 6.07) is 29.8. The minimum atomic E-state index is 0.692. The van der Waals surface area contributed by atoms with E-state index in [4.69, 9.17) is 4.74 Å². The van der Waals surface area contributed by atoms with Crippen LogP contribution in [0.5, 0.6) is 5.75 Å². The fourth-order valence-electron chi connectivity index (χ4n) is 3.35. The largest absolute Gasteiger partial charge is 0.492 e. The van der Waals surface area contributed by atoms with Gasteiger partial charge in [0.1, 0.15) is 12.4 Å². The summed E-state index contributed by atoms with van der Waals surface area (Å²) in [5.41, 5.74) is 6.37. The van der Waals surface area contributed by atoms with E-state index in [2.05, 4.69) is 111 Å². The average molecular weight is 377 g/mol. The molecule has 0 saturated heterocycles. The number of likely N-dealkylation sites (N-methyl/N-ethyl adjacent to an activating group) is 1. The smallest absolute Gasteiger partial charge is 0.119 e. The Balaban J connectivity index is 2.00. The molecule has 0 bridgehead atoms. The first-order valence-electron chi connectivity index (χ1n) is 9.91. The lowest BCUT2D eigenvalue weighted by atomic mass is 9.96. The van der Waals surface area contributed by atoms with Crippen LogP contribution < -0.4 is 4.74 Å². The molecule has 28 heavy (non-hydrogen) atoms. The number of allylic oxidation sites excluding steroid dienone is 1. The lowest BCUT2D eigenvalue weighted by Crippen LogP contribution is -2.19. The molecule has 2 heteroatoms. The second-order valence-electron chi connectivity index (χ2n) is 7.12. The van der Waals surface area contributed by atoms with Crippen LogP contribution in [0, 0.1) is 0 Å². The maximum Gasteiger partial charge on any atom is 0.119 e. The molecule has 3 rings (SSSR count). The summed E-state index contributed by atoms with van der Waals surface area (Å²) in [4.78, 5) is 2.12. The molecule has 0 amide bonds. The van der Waals surface area contributed by atoms with Crippen LogP contribution in [0.4, 0.5) is 0 Å². The van der Waals surface area contributed by atoms with Gasteiger partial charge in [-0.1, -0.05) is 79.7 Å². The van der Waals surface area contributed by atoms with Crippen molar-refractivity contribution in [1.29, 1.82) is 0 Å². The highest BCUT2D eigenvalue weighted by molar-refractivity contribution is 5.98. The number of hydrogen-bond donors (Lipinski definition) is 0. The van der Waals surface area contributed by atoms with Gasteiger partial charge in [-0.2, -0.15) is 0 Å². The molecule has 3 aromatic carbocycles. The van der Waals surface area contributed by atoms with Crippen LogP contribution in [-0.2, 0) is 0 Å². The van der Waals surface area contributed by atoms with Crippen LogP contribution in [0.15, 0.2) is 84.9 Å². The normalized spacial score (nSPS) is 12.0. The quantitative estimate of drug-likeness (QED) is 0.447. The number of hydrogen-bond acceptors (Lipinski definition) is 2. The van der Waals surface area contributed by atoms with Crippen molar-refractivity contribution in [2.75, 3.05) is 27.2 Å². The average Bonchev–Trinajstić information content (AvgIpc) is 2.73. The second kappa shape index (κ2) is 9.91. The molecule has 0 saturated carbocycles. The van der Waals surface area contributed by atoms with Crippen molar-refractivity contribution >= 4 is 11.1 Å². The first kappa shape index (κ1) is 19.9. The number of ether oxygens (including phenoxy) is 1. The third-order valence-electron chi connectivity index (χ3n) is 4.79. The van der Waals surface area contributed by atoms with Crippen molar-refractivity contribution < 1.29 is 4.74 Å². The lowest BCUT2D eigenvalue weighted by Gasteiger charge is -2.17. The predicted molar refractivity (Wildman–Crippen MR) is 120 cm³/mol. The first-order valence-corrected chi connectivity index (χ1v) is 9.91. The molecule has 0 fully saturated rings. The summed E-state index contributed by atoms with van der Waals surface area (Å²) in [7, 11) is 4.11. The van der Waals surface area contributed by atoms with Gasteiger partial charge < -0.3 is 9.64 Å². The van der Waals surface area contributed by atoms with E-state index in [1.54, 1.807) is 0 Å². The van der Waals surface area contributed by atoms with Gasteiger partial charge >= 0.3 is 0 Å². The lowest BCUT2D eigenvalue weighted by molar-refractivity contribution is 0.261. The van der Waals surface area contributed by atoms with Gasteiger partial charge in [0.05, 0.1) is 0 Å². The van der Waals surface area contributed by atoms with Gasteiger partial charge in [0, 0.05) is 6.54 Å². The van der Waals surface area contributed by atoms with Gasteiger partial charge in [-0.05, 0) is 60.5 Å². The molecule has 0 atom stereocenters. The first-order chi connectivity index (χ1) is 13.7. The van der Waals surface area contributed by atoms with Crippen LogP contribution in [0.3, 0.4) is 0 Å². The molecule has 0 aliphatic heterocycles. The number of rotatable bonds is 8. The van der Waals surface area contributed by atoms with Crippen molar-refractivity contribution in [3.8, 4) is 5.75 Å². The van der Waals surface area contributed by atoms with Gasteiger partial charge in [0.15, 0.2) is 0 Å². The molecule has 0 spiro atoms. The van der Waals surface area contributed by atoms with E-state index in [0.717, 1.165) is 18.7 Å². The molecular weight excluding hydrogens is 348 g/mol. The van der Waals surface area contributed by atoms with Crippen molar-refractivity contribution in [3.63, 3.8) is 0 Å². The maximum atomic E-state index is 5.87. The van der Waals surface area contributed by atoms with Crippen LogP contribution >= 0.6 is 0 Å². The summed E-state index contributed by atoms with van der Waals surface area (Å²) in [6.07, 6.45) is 0.968. The van der Waals surface area contributed by atoms with Gasteiger partial charge in [-0.25, -0.2) is 0 Å². The topological polar surface area (TPSA) is 12.5 Å². The zero-order chi connectivity index (χ0) is 19.8. The van der Waals surface area contributed by atoms with Crippen molar-refractivity contribution in [1.82, 2.24) is 4.90 Å². The van der Waals surface area contributed by atoms with Crippen molar-refractivity contribution in [2.24, 2.45) is 0 Å². The van der Waals surface area contributed by atoms with Gasteiger partial charge in [0.2, 0.25) is 0 Å². The third kappa shape index (κ3) is 5.11. The van der Waals surface area contributed by atoms with E-state index >= 15 is 0 Å². The molecule has 0 heterocycles. The minimum absolute atomic E-state index is 0.692. The highest BCUT2D eigenvalue weighted by Gasteiger charge is 2.12. The molecule has 0 radical (unpaired) electrons. The number of nitrogens with zero attached hydrogens (tertiary/aromatic N) is 1. The highest BCUT2D eigenvalue weighted by atomic mass is 16.5. The Bertz CT molecular complexity index is 881. The zero-order valence-electron chi connectivity index (χ0n) is 17.1. The van der Waals surface area contributed by atoms with E-state index < -0.39 is 0 Å². The summed E-state index contributed by atoms with van der Waals surface area (Å²) in [5, 5.41) is 0. The third-order valence-corrected chi connectivity index (χ3v) is 4.79. The summed E-state index contributed by atoms with van der Waals surface area (Å²) >= 11 is 0. The molecule has 0 N–H and O–H groups in total. The SMILES string of the molecule is CC/C(=C(/c1ccc(OCCN(C)C)cc1)[13c]1[13cH][13cH][13cH][13cH][13cH]1)c1ccccc1. The summed E-state index contributed by atoms with van der Waals surface area (Å²) in [6.45, 7) is 3.83. The fourth-order valence-corrected chi connectivity index (χ4v) is 3.35. The predicted octanol–water partition coefficient (Wildman–Crippen LogP) is 6.00. The standard InChI is InChI=1S/C26H29NO/c1-4-25(21-11-7-5-8-12-21)26(22-13-9-6-10-14-22)23-15-17-24(18-16-23)28-20-19-27(2)3/h5-18H,4,19-20H2,1-3H3/b26-25-/i6+1,9+1,10+1,13+1,14+1,22+1. The van der Waals surface area contributed by atoms with Crippen LogP contribution in [0.1, 0.15) is 30.0 Å². The Kier molecular flexibility index (Phi) is 7.05. The molecular formula is C26H29NO. The van der Waals surface area contributed by atoms with Crippen molar-refractivity contribution in [3.05, 3.63) is 102 Å². The Morgan fingerprint density at radius 3 is 1.79 bits per heavy atom. The van der Waals surface area contributed by atoms with E-state index in [-0.39, 0.29) is 0 Å². The summed E-state index contributed by atoms with van der Waals surface area (Å²) < 4.78 is 5.87.